The monoisotopic (exact) mass is 216 g/mol. The largest absolute Gasteiger partial charge is 0.399 e. The average molecular weight is 216 g/mol. The molecule has 0 spiro atoms. The smallest absolute Gasteiger partial charge is 0.0601 e. The lowest BCUT2D eigenvalue weighted by molar-refractivity contribution is 0.300. The molecule has 0 amide bonds. The minimum atomic E-state index is 0.696. The highest BCUT2D eigenvalue weighted by Gasteiger charge is 2.04. The molecule has 0 saturated carbocycles. The van der Waals surface area contributed by atoms with Gasteiger partial charge < -0.3 is 5.73 Å². The lowest BCUT2D eigenvalue weighted by Gasteiger charge is -2.19. The summed E-state index contributed by atoms with van der Waals surface area (Å²) in [6.07, 6.45) is 6.47. The molecule has 1 aromatic rings. The van der Waals surface area contributed by atoms with Crippen LogP contribution in [0, 0.1) is 19.3 Å². The van der Waals surface area contributed by atoms with Crippen molar-refractivity contribution in [2.24, 2.45) is 0 Å². The normalized spacial score (nSPS) is 10.4. The van der Waals surface area contributed by atoms with Crippen LogP contribution in [-0.4, -0.2) is 18.0 Å². The van der Waals surface area contributed by atoms with E-state index < -0.39 is 0 Å². The van der Waals surface area contributed by atoms with Crippen molar-refractivity contribution in [1.82, 2.24) is 4.90 Å². The first-order chi connectivity index (χ1) is 7.67. The molecule has 16 heavy (non-hydrogen) atoms. The number of hydrogen-bond acceptors (Lipinski definition) is 2. The number of benzene rings is 1. The molecule has 0 unspecified atom stereocenters. The molecular formula is C14H20N2. The number of nitrogens with zero attached hydrogens (tertiary/aromatic N) is 1. The van der Waals surface area contributed by atoms with E-state index in [0.717, 1.165) is 30.8 Å². The van der Waals surface area contributed by atoms with Crippen LogP contribution in [0.1, 0.15) is 24.5 Å². The highest BCUT2D eigenvalue weighted by molar-refractivity contribution is 5.48. The summed E-state index contributed by atoms with van der Waals surface area (Å²) in [5.74, 6) is 2.69. The van der Waals surface area contributed by atoms with Gasteiger partial charge >= 0.3 is 0 Å². The molecule has 0 aromatic heterocycles. The van der Waals surface area contributed by atoms with Crippen molar-refractivity contribution in [1.29, 1.82) is 0 Å². The number of nitrogens with two attached hydrogens (primary N) is 1. The van der Waals surface area contributed by atoms with Crippen molar-refractivity contribution in [2.45, 2.75) is 26.8 Å². The second-order valence-electron chi connectivity index (χ2n) is 4.11. The number of rotatable bonds is 5. The molecule has 0 aliphatic carbocycles. The predicted octanol–water partition coefficient (Wildman–Crippen LogP) is 2.42. The summed E-state index contributed by atoms with van der Waals surface area (Å²) in [5, 5.41) is 0. The third kappa shape index (κ3) is 3.60. The van der Waals surface area contributed by atoms with Crippen LogP contribution < -0.4 is 5.73 Å². The summed E-state index contributed by atoms with van der Waals surface area (Å²) in [5.41, 5.74) is 9.10. The molecule has 1 rings (SSSR count). The zero-order valence-corrected chi connectivity index (χ0v) is 10.2. The number of terminal acetylenes is 1. The van der Waals surface area contributed by atoms with Crippen LogP contribution in [0.5, 0.6) is 0 Å². The van der Waals surface area contributed by atoms with Gasteiger partial charge in [-0.15, -0.1) is 6.42 Å². The molecule has 2 nitrogen and oxygen atoms in total. The Morgan fingerprint density at radius 1 is 1.44 bits per heavy atom. The molecule has 0 aliphatic rings. The second-order valence-corrected chi connectivity index (χ2v) is 4.11. The molecule has 0 aliphatic heterocycles. The van der Waals surface area contributed by atoms with Crippen molar-refractivity contribution in [3.63, 3.8) is 0 Å². The topological polar surface area (TPSA) is 29.3 Å². The van der Waals surface area contributed by atoms with Crippen molar-refractivity contribution in [3.05, 3.63) is 29.3 Å². The molecule has 0 radical (unpaired) electrons. The summed E-state index contributed by atoms with van der Waals surface area (Å²) >= 11 is 0. The number of aryl methyl sites for hydroxylation is 1. The third-order valence-electron chi connectivity index (χ3n) is 2.60. The maximum Gasteiger partial charge on any atom is 0.0601 e. The van der Waals surface area contributed by atoms with E-state index >= 15 is 0 Å². The van der Waals surface area contributed by atoms with Crippen molar-refractivity contribution < 1.29 is 0 Å². The lowest BCUT2D eigenvalue weighted by Crippen LogP contribution is -2.24. The van der Waals surface area contributed by atoms with Gasteiger partial charge in [-0.2, -0.15) is 0 Å². The van der Waals surface area contributed by atoms with Crippen molar-refractivity contribution >= 4 is 5.69 Å². The van der Waals surface area contributed by atoms with E-state index in [1.807, 2.05) is 13.0 Å². The molecule has 2 heteroatoms. The molecule has 0 fully saturated rings. The summed E-state index contributed by atoms with van der Waals surface area (Å²) in [7, 11) is 0. The Kier molecular flexibility index (Phi) is 4.88. The van der Waals surface area contributed by atoms with E-state index in [1.165, 1.54) is 5.56 Å². The maximum atomic E-state index is 5.89. The summed E-state index contributed by atoms with van der Waals surface area (Å²) in [6, 6.07) is 6.21. The van der Waals surface area contributed by atoms with Crippen LogP contribution in [0.3, 0.4) is 0 Å². The van der Waals surface area contributed by atoms with Crippen LogP contribution in [0.15, 0.2) is 18.2 Å². The Labute approximate surface area is 98.4 Å². The van der Waals surface area contributed by atoms with Gasteiger partial charge in [0.25, 0.3) is 0 Å². The summed E-state index contributed by atoms with van der Waals surface area (Å²) in [4.78, 5) is 2.25. The van der Waals surface area contributed by atoms with Crippen LogP contribution in [0.25, 0.3) is 0 Å². The standard InChI is InChI=1S/C14H20N2/c1-4-8-16(9-5-2)11-13-7-6-12(3)14(15)10-13/h1,6-7,10H,5,8-9,11,15H2,2-3H3. The molecule has 86 valence electrons. The Morgan fingerprint density at radius 2 is 2.19 bits per heavy atom. The molecule has 0 atom stereocenters. The van der Waals surface area contributed by atoms with Gasteiger partial charge in [-0.1, -0.05) is 25.0 Å². The third-order valence-corrected chi connectivity index (χ3v) is 2.60. The van der Waals surface area contributed by atoms with Crippen LogP contribution in [0.2, 0.25) is 0 Å². The minimum absolute atomic E-state index is 0.696. The lowest BCUT2D eigenvalue weighted by atomic mass is 10.1. The fourth-order valence-electron chi connectivity index (χ4n) is 1.71. The van der Waals surface area contributed by atoms with E-state index in [0.29, 0.717) is 6.54 Å². The van der Waals surface area contributed by atoms with Gasteiger partial charge in [-0.25, -0.2) is 0 Å². The van der Waals surface area contributed by atoms with Gasteiger partial charge in [0.2, 0.25) is 0 Å². The van der Waals surface area contributed by atoms with E-state index in [1.54, 1.807) is 0 Å². The highest BCUT2D eigenvalue weighted by atomic mass is 15.1. The van der Waals surface area contributed by atoms with Crippen LogP contribution >= 0.6 is 0 Å². The number of nitrogen functional groups attached to an aromatic ring is 1. The second kappa shape index (κ2) is 6.19. The fourth-order valence-corrected chi connectivity index (χ4v) is 1.71. The number of hydrogen-bond donors (Lipinski definition) is 1. The van der Waals surface area contributed by atoms with Gasteiger partial charge in [0.05, 0.1) is 6.54 Å². The van der Waals surface area contributed by atoms with Gasteiger partial charge in [0.1, 0.15) is 0 Å². The molecular weight excluding hydrogens is 196 g/mol. The van der Waals surface area contributed by atoms with Gasteiger partial charge in [-0.05, 0) is 37.1 Å². The predicted molar refractivity (Wildman–Crippen MR) is 70.0 cm³/mol. The molecule has 0 heterocycles. The van der Waals surface area contributed by atoms with Gasteiger partial charge in [0.15, 0.2) is 0 Å². The molecule has 0 saturated heterocycles. The Balaban J connectivity index is 2.69. The number of anilines is 1. The zero-order valence-electron chi connectivity index (χ0n) is 10.2. The van der Waals surface area contributed by atoms with E-state index in [4.69, 9.17) is 12.2 Å². The fraction of sp³-hybridized carbons (Fsp3) is 0.429. The quantitative estimate of drug-likeness (QED) is 0.605. The van der Waals surface area contributed by atoms with Crippen LogP contribution in [-0.2, 0) is 6.54 Å². The Hall–Kier alpha value is -1.46. The highest BCUT2D eigenvalue weighted by Crippen LogP contribution is 2.14. The Bertz CT molecular complexity index is 377. The summed E-state index contributed by atoms with van der Waals surface area (Å²) < 4.78 is 0. The maximum absolute atomic E-state index is 5.89. The average Bonchev–Trinajstić information content (AvgIpc) is 2.24. The molecule has 0 bridgehead atoms. The van der Waals surface area contributed by atoms with Crippen molar-refractivity contribution in [3.8, 4) is 12.3 Å². The molecule has 2 N–H and O–H groups in total. The minimum Gasteiger partial charge on any atom is -0.399 e. The summed E-state index contributed by atoms with van der Waals surface area (Å²) in [6.45, 7) is 6.78. The SMILES string of the molecule is C#CCN(CCC)Cc1ccc(C)c(N)c1. The Morgan fingerprint density at radius 3 is 2.75 bits per heavy atom. The van der Waals surface area contributed by atoms with Gasteiger partial charge in [-0.3, -0.25) is 4.90 Å². The first kappa shape index (κ1) is 12.6. The zero-order chi connectivity index (χ0) is 12.0. The van der Waals surface area contributed by atoms with E-state index in [9.17, 15) is 0 Å². The van der Waals surface area contributed by atoms with Crippen LogP contribution in [0.4, 0.5) is 5.69 Å². The van der Waals surface area contributed by atoms with Crippen molar-refractivity contribution in [2.75, 3.05) is 18.8 Å². The first-order valence-electron chi connectivity index (χ1n) is 5.68. The van der Waals surface area contributed by atoms with Gasteiger partial charge in [0, 0.05) is 12.2 Å². The molecule has 1 aromatic carbocycles. The first-order valence-corrected chi connectivity index (χ1v) is 5.68. The van der Waals surface area contributed by atoms with E-state index in [-0.39, 0.29) is 0 Å². The van der Waals surface area contributed by atoms with E-state index in [2.05, 4.69) is 29.9 Å².